The number of hydrogen-bond acceptors (Lipinski definition) is 5. The summed E-state index contributed by atoms with van der Waals surface area (Å²) < 4.78 is 71.9. The number of benzene rings is 2. The van der Waals surface area contributed by atoms with Gasteiger partial charge in [-0.3, -0.25) is 19.3 Å². The van der Waals surface area contributed by atoms with Crippen molar-refractivity contribution in [2.75, 3.05) is 51.3 Å². The maximum atomic E-state index is 15.5. The van der Waals surface area contributed by atoms with Crippen LogP contribution in [0.3, 0.4) is 0 Å². The highest BCUT2D eigenvalue weighted by atomic mass is 19.3. The number of rotatable bonds is 9. The number of aliphatic hydroxyl groups excluding tert-OH is 1. The summed E-state index contributed by atoms with van der Waals surface area (Å²) in [6.45, 7) is -0.529. The van der Waals surface area contributed by atoms with Gasteiger partial charge in [0.15, 0.2) is 0 Å². The van der Waals surface area contributed by atoms with E-state index in [1.54, 1.807) is 18.3 Å². The molecule has 2 aromatic carbocycles. The Labute approximate surface area is 205 Å². The maximum absolute atomic E-state index is 15.5. The molecule has 0 radical (unpaired) electrons. The van der Waals surface area contributed by atoms with Gasteiger partial charge in [-0.1, -0.05) is 6.07 Å². The van der Waals surface area contributed by atoms with Crippen molar-refractivity contribution in [1.29, 1.82) is 0 Å². The molecule has 36 heavy (non-hydrogen) atoms. The molecular weight excluding hydrogens is 481 g/mol. The molecule has 6 nitrogen and oxygen atoms in total. The van der Waals surface area contributed by atoms with Crippen LogP contribution < -0.4 is 5.32 Å². The number of likely N-dealkylation sites (tertiary alicyclic amines) is 1. The summed E-state index contributed by atoms with van der Waals surface area (Å²) in [6, 6.07) is 4.68. The Bertz CT molecular complexity index is 1210. The highest BCUT2D eigenvalue weighted by molar-refractivity contribution is 5.83. The van der Waals surface area contributed by atoms with Gasteiger partial charge in [-0.05, 0) is 42.2 Å². The number of aromatic nitrogens is 2. The molecule has 0 bridgehead atoms. The monoisotopic (exact) mass is 509 g/mol. The molecule has 3 aromatic rings. The Morgan fingerprint density at radius 3 is 2.61 bits per heavy atom. The van der Waals surface area contributed by atoms with Crippen molar-refractivity contribution in [2.24, 2.45) is 0 Å². The molecule has 1 aromatic heterocycles. The topological polar surface area (TPSA) is 67.4 Å². The zero-order valence-corrected chi connectivity index (χ0v) is 19.6. The number of hydrogen-bond donors (Lipinski definition) is 3. The van der Waals surface area contributed by atoms with Crippen molar-refractivity contribution in [2.45, 2.75) is 30.8 Å². The van der Waals surface area contributed by atoms with Crippen LogP contribution in [0, 0.1) is 11.6 Å². The van der Waals surface area contributed by atoms with Gasteiger partial charge >= 0.3 is 0 Å². The van der Waals surface area contributed by atoms with Gasteiger partial charge in [-0.25, -0.2) is 17.6 Å². The van der Waals surface area contributed by atoms with Crippen LogP contribution in [-0.4, -0.2) is 83.1 Å². The first kappa shape index (κ1) is 24.9. The third-order valence-corrected chi connectivity index (χ3v) is 7.03. The van der Waals surface area contributed by atoms with Crippen LogP contribution in [0.15, 0.2) is 30.5 Å². The van der Waals surface area contributed by atoms with Crippen LogP contribution in [0.5, 0.6) is 0 Å². The number of anilines is 1. The molecule has 1 unspecified atom stereocenters. The first-order valence-electron chi connectivity index (χ1n) is 12.0. The fourth-order valence-corrected chi connectivity index (χ4v) is 5.36. The lowest BCUT2D eigenvalue weighted by atomic mass is 9.85. The van der Waals surface area contributed by atoms with E-state index in [4.69, 9.17) is 5.11 Å². The lowest BCUT2D eigenvalue weighted by Gasteiger charge is -2.40. The zero-order valence-electron chi connectivity index (χ0n) is 19.6. The molecule has 1 atom stereocenters. The Kier molecular flexibility index (Phi) is 6.88. The molecule has 0 aliphatic carbocycles. The number of aromatic amines is 1. The number of aliphatic hydroxyl groups is 1. The second-order valence-electron chi connectivity index (χ2n) is 9.60. The number of alkyl halides is 3. The summed E-state index contributed by atoms with van der Waals surface area (Å²) in [7, 11) is 0. The molecule has 1 fully saturated rings. The van der Waals surface area contributed by atoms with Crippen molar-refractivity contribution in [3.05, 3.63) is 58.8 Å². The SMILES string of the molecule is OCC(F)(F)CN1CCc2c(ccc3[nH]ncc23)C1c1c(F)cc(NC2CN(CCCF)C2)cc1F. The zero-order chi connectivity index (χ0) is 25.4. The molecule has 5 rings (SSSR count). The Balaban J connectivity index is 1.47. The number of nitrogens with zero attached hydrogens (tertiary/aromatic N) is 3. The van der Waals surface area contributed by atoms with Gasteiger partial charge in [0.1, 0.15) is 18.2 Å². The van der Waals surface area contributed by atoms with Gasteiger partial charge in [-0.2, -0.15) is 5.10 Å². The minimum atomic E-state index is -3.43. The second kappa shape index (κ2) is 9.95. The maximum Gasteiger partial charge on any atom is 0.283 e. The molecule has 3 heterocycles. The van der Waals surface area contributed by atoms with E-state index in [1.165, 1.54) is 17.0 Å². The van der Waals surface area contributed by atoms with Crippen LogP contribution >= 0.6 is 0 Å². The Morgan fingerprint density at radius 2 is 1.92 bits per heavy atom. The average molecular weight is 510 g/mol. The van der Waals surface area contributed by atoms with Gasteiger partial charge in [0, 0.05) is 42.8 Å². The van der Waals surface area contributed by atoms with Gasteiger partial charge in [0.2, 0.25) is 0 Å². The predicted molar refractivity (Wildman–Crippen MR) is 126 cm³/mol. The van der Waals surface area contributed by atoms with Crippen LogP contribution in [0.4, 0.5) is 27.6 Å². The number of fused-ring (bicyclic) bond motifs is 3. The number of nitrogens with one attached hydrogen (secondary N) is 2. The van der Waals surface area contributed by atoms with Gasteiger partial charge < -0.3 is 10.4 Å². The standard InChI is InChI=1S/C25H28F5N5O/c26-5-1-6-34-11-16(12-34)32-15-8-20(27)23(21(28)9-15)24-18-2-3-22-19(10-31-33-22)17(18)4-7-35(24)13-25(29,30)14-36/h2-3,8-10,16,24,32,36H,1,4-7,11-14H2,(H,31,33). The molecule has 3 N–H and O–H groups in total. The normalized spacial score (nSPS) is 19.4. The van der Waals surface area contributed by atoms with Crippen LogP contribution in [0.1, 0.15) is 29.2 Å². The van der Waals surface area contributed by atoms with E-state index < -0.39 is 36.8 Å². The molecule has 2 aliphatic rings. The smallest absolute Gasteiger partial charge is 0.283 e. The van der Waals surface area contributed by atoms with E-state index in [2.05, 4.69) is 15.5 Å². The summed E-state index contributed by atoms with van der Waals surface area (Å²) in [5, 5.41) is 19.9. The van der Waals surface area contributed by atoms with Gasteiger partial charge in [-0.15, -0.1) is 0 Å². The van der Waals surface area contributed by atoms with E-state index >= 15 is 8.78 Å². The molecule has 11 heteroatoms. The molecule has 2 aliphatic heterocycles. The van der Waals surface area contributed by atoms with Gasteiger partial charge in [0.05, 0.1) is 37.0 Å². The van der Waals surface area contributed by atoms with Crippen LogP contribution in [0.25, 0.3) is 10.9 Å². The lowest BCUT2D eigenvalue weighted by molar-refractivity contribution is -0.0789. The number of H-pyrrole nitrogens is 1. The summed E-state index contributed by atoms with van der Waals surface area (Å²) >= 11 is 0. The second-order valence-corrected chi connectivity index (χ2v) is 9.60. The molecular formula is C25H28F5N5O. The highest BCUT2D eigenvalue weighted by Crippen LogP contribution is 2.41. The van der Waals surface area contributed by atoms with Crippen LogP contribution in [-0.2, 0) is 6.42 Å². The largest absolute Gasteiger partial charge is 0.390 e. The van der Waals surface area contributed by atoms with E-state index in [0.29, 0.717) is 38.0 Å². The first-order chi connectivity index (χ1) is 17.3. The molecule has 194 valence electrons. The summed E-state index contributed by atoms with van der Waals surface area (Å²) in [4.78, 5) is 3.38. The average Bonchev–Trinajstić information content (AvgIpc) is 3.30. The molecule has 0 saturated carbocycles. The lowest BCUT2D eigenvalue weighted by Crippen LogP contribution is -2.54. The van der Waals surface area contributed by atoms with E-state index in [1.807, 2.05) is 4.90 Å². The fourth-order valence-electron chi connectivity index (χ4n) is 5.36. The summed E-state index contributed by atoms with van der Waals surface area (Å²) in [5.41, 5.74) is 2.04. The predicted octanol–water partition coefficient (Wildman–Crippen LogP) is 3.87. The van der Waals surface area contributed by atoms with Crippen molar-refractivity contribution in [3.63, 3.8) is 0 Å². The molecule has 1 saturated heterocycles. The quantitative estimate of drug-likeness (QED) is 0.382. The van der Waals surface area contributed by atoms with E-state index in [9.17, 15) is 13.2 Å². The van der Waals surface area contributed by atoms with Gasteiger partial charge in [0.25, 0.3) is 5.92 Å². The minimum Gasteiger partial charge on any atom is -0.390 e. The third-order valence-electron chi connectivity index (χ3n) is 7.03. The first-order valence-corrected chi connectivity index (χ1v) is 12.0. The molecule has 0 amide bonds. The van der Waals surface area contributed by atoms with Crippen LogP contribution in [0.2, 0.25) is 0 Å². The summed E-state index contributed by atoms with van der Waals surface area (Å²) in [6.07, 6.45) is 2.47. The van der Waals surface area contributed by atoms with Crippen molar-refractivity contribution in [3.8, 4) is 0 Å². The third kappa shape index (κ3) is 4.79. The number of halogens is 5. The minimum absolute atomic E-state index is 0.0150. The van der Waals surface area contributed by atoms with Crippen molar-refractivity contribution in [1.82, 2.24) is 20.0 Å². The Morgan fingerprint density at radius 1 is 1.17 bits per heavy atom. The highest BCUT2D eigenvalue weighted by Gasteiger charge is 2.40. The van der Waals surface area contributed by atoms with Crippen molar-refractivity contribution < 1.29 is 27.1 Å². The molecule has 0 spiro atoms. The van der Waals surface area contributed by atoms with Crippen molar-refractivity contribution >= 4 is 16.6 Å². The summed E-state index contributed by atoms with van der Waals surface area (Å²) in [5.74, 6) is -5.11. The Hall–Kier alpha value is -2.76. The van der Waals surface area contributed by atoms with E-state index in [-0.39, 0.29) is 30.5 Å². The fraction of sp³-hybridized carbons (Fsp3) is 0.480. The van der Waals surface area contributed by atoms with E-state index in [0.717, 1.165) is 16.5 Å².